The largest absolute Gasteiger partial charge is 0.481 e. The molecule has 4 amide bonds. The maximum absolute atomic E-state index is 13.3. The van der Waals surface area contributed by atoms with Crippen molar-refractivity contribution in [1.82, 2.24) is 40.4 Å². The Morgan fingerprint density at radius 3 is 1.27 bits per heavy atom. The Bertz CT molecular complexity index is 3940. The van der Waals surface area contributed by atoms with Gasteiger partial charge in [-0.1, -0.05) is 150 Å². The molecule has 0 fully saturated rings. The van der Waals surface area contributed by atoms with Gasteiger partial charge in [-0.15, -0.1) is 24.0 Å². The molecule has 0 aliphatic heterocycles. The predicted molar refractivity (Wildman–Crippen MR) is 491 cm³/mol. The Morgan fingerprint density at radius 1 is 0.531 bits per heavy atom. The summed E-state index contributed by atoms with van der Waals surface area (Å²) in [5.74, 6) is -2.58. The number of carbonyl (C=O) groups excluding carboxylic acids is 4. The van der Waals surface area contributed by atoms with E-state index in [1.54, 1.807) is 11.8 Å². The summed E-state index contributed by atoms with van der Waals surface area (Å²) in [6, 6.07) is 25.9. The highest BCUT2D eigenvalue weighted by Crippen LogP contribution is 2.33. The van der Waals surface area contributed by atoms with Crippen LogP contribution in [0.4, 0.5) is 34.6 Å². The van der Waals surface area contributed by atoms with Crippen LogP contribution in [0.5, 0.6) is 0 Å². The van der Waals surface area contributed by atoms with Crippen molar-refractivity contribution >= 4 is 161 Å². The number of amidine groups is 1. The number of guanidine groups is 1. The molecule has 0 unspecified atom stereocenters. The van der Waals surface area contributed by atoms with Crippen molar-refractivity contribution in [2.75, 3.05) is 93.2 Å². The van der Waals surface area contributed by atoms with Gasteiger partial charge in [-0.05, 0) is 274 Å². The molecule has 4 aromatic carbocycles. The van der Waals surface area contributed by atoms with E-state index in [1.165, 1.54) is 153 Å². The molecule has 0 saturated heterocycles. The molecule has 0 bridgehead atoms. The van der Waals surface area contributed by atoms with Gasteiger partial charge in [0.25, 0.3) is 17.8 Å². The van der Waals surface area contributed by atoms with Crippen molar-refractivity contribution in [3.05, 3.63) is 150 Å². The molecular formula is C83H129Cl2IN18O6S3. The smallest absolute Gasteiger partial charge is 0.300 e. The first-order chi connectivity index (χ1) is 52.7. The van der Waals surface area contributed by atoms with E-state index in [1.807, 2.05) is 19.1 Å². The zero-order valence-electron chi connectivity index (χ0n) is 67.8. The first-order valence-electron chi connectivity index (χ1n) is 39.3. The number of fused-ring (bicyclic) bond motifs is 2. The van der Waals surface area contributed by atoms with Crippen LogP contribution in [0.2, 0.25) is 10.3 Å². The molecule has 18 N–H and O–H groups in total. The average Bonchev–Trinajstić information content (AvgIpc) is 0.802. The summed E-state index contributed by atoms with van der Waals surface area (Å²) in [5.41, 5.74) is 49.3. The quantitative estimate of drug-likeness (QED) is 0.00746. The fourth-order valence-electron chi connectivity index (χ4n) is 13.4. The molecule has 2 aliphatic carbocycles. The Labute approximate surface area is 716 Å². The summed E-state index contributed by atoms with van der Waals surface area (Å²) >= 11 is 12.5. The average molecular weight is 1770 g/mol. The van der Waals surface area contributed by atoms with E-state index in [0.717, 1.165) is 140 Å². The van der Waals surface area contributed by atoms with E-state index in [-0.39, 0.29) is 131 Å². The number of carboxylic acids is 1. The molecule has 113 heavy (non-hydrogen) atoms. The van der Waals surface area contributed by atoms with Crippen molar-refractivity contribution in [2.24, 2.45) is 28.3 Å². The van der Waals surface area contributed by atoms with Gasteiger partial charge in [0.15, 0.2) is 56.1 Å². The minimum absolute atomic E-state index is 0. The maximum Gasteiger partial charge on any atom is 0.300 e. The number of aromatic nitrogens is 4. The SMILES string of the molecule is CC(=O)O.CCCCCCN(C)CCCc1ccc(NC(=O)[C@@H](C)Cc2ccc(CCCCN)c3c2CCCC3)cc1.CCCCCCN(C)CCCc1ccc(NC(=O)[C@@H](C)Cc2ccc(CCCCN=C(N)NC(=O)c3nc(Cl)c(N)nc3N)c3c2CCCC3)cc1.CSC(=N)NC(=O)c1nc(Cl)c(N)nc1N.I.S.S. The number of benzene rings is 4. The molecule has 626 valence electrons. The molecule has 0 radical (unpaired) electrons. The van der Waals surface area contributed by atoms with E-state index >= 15 is 0 Å². The van der Waals surface area contributed by atoms with Crippen LogP contribution in [0, 0.1) is 17.2 Å². The van der Waals surface area contributed by atoms with Gasteiger partial charge in [0.1, 0.15) is 0 Å². The lowest BCUT2D eigenvalue weighted by Crippen LogP contribution is -2.38. The summed E-state index contributed by atoms with van der Waals surface area (Å²) < 4.78 is 0. The number of aliphatic imine (C=N–C) groups is 1. The molecule has 24 nitrogen and oxygen atoms in total. The van der Waals surface area contributed by atoms with Gasteiger partial charge < -0.3 is 65.3 Å². The van der Waals surface area contributed by atoms with Gasteiger partial charge in [-0.3, -0.25) is 39.7 Å². The molecular weight excluding hydrogens is 1640 g/mol. The van der Waals surface area contributed by atoms with Crippen molar-refractivity contribution < 1.29 is 29.1 Å². The van der Waals surface area contributed by atoms with E-state index in [2.05, 4.69) is 152 Å². The Morgan fingerprint density at radius 2 is 0.894 bits per heavy atom. The van der Waals surface area contributed by atoms with E-state index in [9.17, 15) is 19.2 Å². The number of carboxylic acid groups (broad SMARTS) is 1. The van der Waals surface area contributed by atoms with E-state index in [4.69, 9.17) is 72.9 Å². The van der Waals surface area contributed by atoms with Gasteiger partial charge in [0.2, 0.25) is 11.8 Å². The Balaban J connectivity index is 0.000000618. The van der Waals surface area contributed by atoms with Gasteiger partial charge in [-0.2, -0.15) is 27.0 Å². The fourth-order valence-corrected chi connectivity index (χ4v) is 13.9. The zero-order valence-corrected chi connectivity index (χ0v) is 74.4. The number of nitrogens with two attached hydrogens (primary N) is 6. The third-order valence-corrected chi connectivity index (χ3v) is 20.7. The molecule has 2 heterocycles. The minimum atomic E-state index is -0.833. The van der Waals surface area contributed by atoms with Crippen LogP contribution in [-0.4, -0.2) is 135 Å². The lowest BCUT2D eigenvalue weighted by molar-refractivity contribution is -0.134. The molecule has 8 rings (SSSR count). The van der Waals surface area contributed by atoms with Gasteiger partial charge >= 0.3 is 0 Å². The third kappa shape index (κ3) is 37.6. The number of thioether (sulfide) groups is 1. The fraction of sp³-hybridized carbons (Fsp3) is 0.530. The lowest BCUT2D eigenvalue weighted by atomic mass is 9.81. The topological polar surface area (TPSA) is 404 Å². The number of aliphatic carboxylic acids is 1. The highest BCUT2D eigenvalue weighted by molar-refractivity contribution is 14.0. The first-order valence-corrected chi connectivity index (χ1v) is 41.3. The van der Waals surface area contributed by atoms with Crippen molar-refractivity contribution in [3.63, 3.8) is 0 Å². The lowest BCUT2D eigenvalue weighted by Gasteiger charge is -2.24. The Kier molecular flexibility index (Phi) is 50.8. The van der Waals surface area contributed by atoms with Crippen LogP contribution in [0.1, 0.15) is 227 Å². The number of nitrogen functional groups attached to an aromatic ring is 4. The second-order valence-electron chi connectivity index (χ2n) is 28.8. The van der Waals surface area contributed by atoms with E-state index in [0.29, 0.717) is 6.54 Å². The molecule has 30 heteroatoms. The number of aryl methyl sites for hydroxylation is 4. The number of unbranched alkanes of at least 4 members (excludes halogenated alkanes) is 8. The zero-order chi connectivity index (χ0) is 80.5. The van der Waals surface area contributed by atoms with Crippen LogP contribution < -0.4 is 55.7 Å². The van der Waals surface area contributed by atoms with Crippen molar-refractivity contribution in [1.29, 1.82) is 5.41 Å². The molecule has 6 aromatic rings. The van der Waals surface area contributed by atoms with Crippen LogP contribution >= 0.6 is 85.9 Å². The number of hydrogen-bond acceptors (Lipinski definition) is 19. The number of nitrogens with one attached hydrogen (secondary N) is 5. The molecule has 0 spiro atoms. The van der Waals surface area contributed by atoms with Gasteiger partial charge in [0.05, 0.1) is 0 Å². The predicted octanol–water partition coefficient (Wildman–Crippen LogP) is 14.9. The van der Waals surface area contributed by atoms with Crippen molar-refractivity contribution in [3.8, 4) is 0 Å². The van der Waals surface area contributed by atoms with Crippen LogP contribution in [0.3, 0.4) is 0 Å². The Hall–Kier alpha value is -7.03. The van der Waals surface area contributed by atoms with Crippen molar-refractivity contribution in [2.45, 2.75) is 214 Å². The van der Waals surface area contributed by atoms with Gasteiger partial charge in [-0.25, -0.2) is 19.9 Å². The molecule has 0 saturated carbocycles. The minimum Gasteiger partial charge on any atom is -0.481 e. The monoisotopic (exact) mass is 1770 g/mol. The standard InChI is InChI=1S/C40H58ClN9O2.C34H53N3O.C7H9ClN6OS.C2H4O2.HI.2H2S/c1-4-5-6-11-24-50(3)25-12-13-28-17-21-31(22-18-28)46-38(51)27(2)26-30-20-19-29(32-15-7-8-16-33(30)32)14-9-10-23-45-40(44)49-39(52)34-36(42)48-37(43)35(41)47-34;1-4-5-6-11-24-37(3)25-12-13-28-17-21-31(22-18-28)36-34(38)27(2)26-30-20-19-29(14-9-10-23-35)32-15-7-8-16-33(30)32;1-16-7(11)14-6(15)2-4(9)13-5(10)3(8)12-2;1-2(3)4;;;/h17-22,27H,4-16,23-26H2,1-3H3,(H,46,51)(H4,42,43,48)(H3,44,45,49,52);17-22,27H,4-16,23-26,35H2,1-3H3,(H,36,38);1H3,(H4,9,10,13)(H2,11,14,15);1H3,(H,3,4);1H;2*1H2/t2*27-;;;;;/m00...../s1. The molecule has 2 aliphatic rings. The number of carbonyl (C=O) groups is 5. The number of nitrogens with zero attached hydrogens (tertiary/aromatic N) is 7. The van der Waals surface area contributed by atoms with Crippen LogP contribution in [0.25, 0.3) is 0 Å². The summed E-state index contributed by atoms with van der Waals surface area (Å²) in [6.07, 6.45) is 33.5. The van der Waals surface area contributed by atoms with E-state index < -0.39 is 17.8 Å². The number of rotatable bonds is 37. The second-order valence-corrected chi connectivity index (χ2v) is 30.3. The maximum atomic E-state index is 13.3. The highest BCUT2D eigenvalue weighted by Gasteiger charge is 2.25. The second kappa shape index (κ2) is 56.3. The normalized spacial score (nSPS) is 12.5. The summed E-state index contributed by atoms with van der Waals surface area (Å²) in [6.45, 7) is 15.5. The summed E-state index contributed by atoms with van der Waals surface area (Å²) in [4.78, 5) is 83.6. The summed E-state index contributed by atoms with van der Waals surface area (Å²) in [7, 11) is 4.45. The molecule has 2 aromatic heterocycles. The summed E-state index contributed by atoms with van der Waals surface area (Å²) in [5, 5.41) is 25.5. The number of amides is 4. The van der Waals surface area contributed by atoms with Crippen LogP contribution in [-0.2, 0) is 78.6 Å². The number of anilines is 6. The highest BCUT2D eigenvalue weighted by atomic mass is 127. The first kappa shape index (κ1) is 102. The van der Waals surface area contributed by atoms with Crippen LogP contribution in [0.15, 0.2) is 77.8 Å². The molecule has 2 atom stereocenters. The number of halogens is 3. The number of hydrogen-bond donors (Lipinski definition) is 12. The van der Waals surface area contributed by atoms with Gasteiger partial charge in [0, 0.05) is 36.7 Å². The third-order valence-electron chi connectivity index (χ3n) is 19.6.